The summed E-state index contributed by atoms with van der Waals surface area (Å²) in [6, 6.07) is 55.2. The fourth-order valence-electron chi connectivity index (χ4n) is 8.04. The first-order valence-electron chi connectivity index (χ1n) is 22.1. The molecule has 0 spiro atoms. The first-order valence-corrected chi connectivity index (χ1v) is 22.1. The SMILES string of the molecule is CC(C)(C)c1cc(-c2cccc(-c3nc(-c4ccc(-c5cccc6ccccc56)cc4)nc(-c4cccc(-c5cc(C(C)(C)C)cc(C(C)(C)C)c5)c4)n3)c2)cc(C(C)(C)C)c1. The van der Waals surface area contributed by atoms with Gasteiger partial charge in [0.15, 0.2) is 17.5 Å². The maximum atomic E-state index is 5.27. The zero-order chi connectivity index (χ0) is 44.2. The molecule has 312 valence electrons. The summed E-state index contributed by atoms with van der Waals surface area (Å²) in [7, 11) is 0. The topological polar surface area (TPSA) is 38.7 Å². The second-order valence-electron chi connectivity index (χ2n) is 21.2. The minimum absolute atomic E-state index is 0.00566. The van der Waals surface area contributed by atoms with Gasteiger partial charge in [-0.15, -0.1) is 0 Å². The number of rotatable bonds is 6. The van der Waals surface area contributed by atoms with E-state index in [1.165, 1.54) is 49.7 Å². The fraction of sp³-hybridized carbons (Fsp3) is 0.271. The van der Waals surface area contributed by atoms with E-state index in [0.717, 1.165) is 33.4 Å². The third-order valence-corrected chi connectivity index (χ3v) is 12.1. The Balaban J connectivity index is 1.28. The van der Waals surface area contributed by atoms with Crippen molar-refractivity contribution in [2.75, 3.05) is 0 Å². The summed E-state index contributed by atoms with van der Waals surface area (Å²) in [5.41, 5.74) is 15.2. The molecule has 0 atom stereocenters. The van der Waals surface area contributed by atoms with Crippen LogP contribution in [-0.4, -0.2) is 15.0 Å². The molecule has 1 heterocycles. The highest BCUT2D eigenvalue weighted by molar-refractivity contribution is 5.96. The van der Waals surface area contributed by atoms with E-state index in [-0.39, 0.29) is 21.7 Å². The molecule has 0 bridgehead atoms. The Morgan fingerprint density at radius 1 is 0.274 bits per heavy atom. The Kier molecular flexibility index (Phi) is 10.9. The van der Waals surface area contributed by atoms with Crippen molar-refractivity contribution in [2.45, 2.75) is 105 Å². The quantitative estimate of drug-likeness (QED) is 0.168. The van der Waals surface area contributed by atoms with Crippen LogP contribution in [0.3, 0.4) is 0 Å². The van der Waals surface area contributed by atoms with Crippen molar-refractivity contribution in [2.24, 2.45) is 0 Å². The van der Waals surface area contributed by atoms with E-state index >= 15 is 0 Å². The summed E-state index contributed by atoms with van der Waals surface area (Å²) >= 11 is 0. The standard InChI is InChI=1S/C59H61N3/c1-56(2,3)47-32-45(33-48(36-47)57(4,5)6)41-20-15-22-43(30-41)54-60-53(40-28-26-39(27-29-40)52-25-17-19-38-18-13-14-24-51(38)52)61-55(62-54)44-23-16-21-42(31-44)46-34-49(58(7,8)9)37-50(35-46)59(10,11)12/h13-37H,1-12H3. The lowest BCUT2D eigenvalue weighted by Gasteiger charge is -2.26. The largest absolute Gasteiger partial charge is 0.208 e. The van der Waals surface area contributed by atoms with Gasteiger partial charge in [-0.1, -0.05) is 223 Å². The minimum atomic E-state index is 0.00566. The van der Waals surface area contributed by atoms with Crippen LogP contribution < -0.4 is 0 Å². The highest BCUT2D eigenvalue weighted by Crippen LogP contribution is 2.38. The lowest BCUT2D eigenvalue weighted by molar-refractivity contribution is 0.568. The van der Waals surface area contributed by atoms with Gasteiger partial charge in [-0.2, -0.15) is 0 Å². The van der Waals surface area contributed by atoms with Gasteiger partial charge in [0.25, 0.3) is 0 Å². The van der Waals surface area contributed by atoms with Crippen LogP contribution in [0.1, 0.15) is 105 Å². The van der Waals surface area contributed by atoms with E-state index in [9.17, 15) is 0 Å². The average Bonchev–Trinajstić information content (AvgIpc) is 3.24. The second kappa shape index (κ2) is 15.9. The van der Waals surface area contributed by atoms with Crippen LogP contribution in [0.15, 0.2) is 152 Å². The predicted molar refractivity (Wildman–Crippen MR) is 265 cm³/mol. The molecular formula is C59H61N3. The molecule has 8 rings (SSSR count). The maximum absolute atomic E-state index is 5.27. The summed E-state index contributed by atoms with van der Waals surface area (Å²) in [6.45, 7) is 27.5. The molecule has 3 nitrogen and oxygen atoms in total. The van der Waals surface area contributed by atoms with Crippen LogP contribution in [0.2, 0.25) is 0 Å². The first kappa shape index (κ1) is 42.5. The third-order valence-electron chi connectivity index (χ3n) is 12.1. The van der Waals surface area contributed by atoms with Gasteiger partial charge in [0.2, 0.25) is 0 Å². The molecule has 0 N–H and O–H groups in total. The van der Waals surface area contributed by atoms with Gasteiger partial charge in [0.05, 0.1) is 0 Å². The molecule has 0 aliphatic heterocycles. The fourth-order valence-corrected chi connectivity index (χ4v) is 8.04. The minimum Gasteiger partial charge on any atom is -0.208 e. The van der Waals surface area contributed by atoms with Gasteiger partial charge in [0, 0.05) is 16.7 Å². The summed E-state index contributed by atoms with van der Waals surface area (Å²) in [5.74, 6) is 1.92. The molecule has 0 radical (unpaired) electrons. The number of aromatic nitrogens is 3. The molecule has 0 aliphatic rings. The highest BCUT2D eigenvalue weighted by atomic mass is 15.0. The number of nitrogens with zero attached hydrogens (tertiary/aromatic N) is 3. The number of benzene rings is 7. The highest BCUT2D eigenvalue weighted by Gasteiger charge is 2.23. The molecule has 0 amide bonds. The number of fused-ring (bicyclic) bond motifs is 1. The van der Waals surface area contributed by atoms with Crippen LogP contribution in [0.25, 0.3) is 78.3 Å². The van der Waals surface area contributed by atoms with Gasteiger partial charge in [-0.3, -0.25) is 0 Å². The molecular weight excluding hydrogens is 751 g/mol. The van der Waals surface area contributed by atoms with E-state index < -0.39 is 0 Å². The van der Waals surface area contributed by atoms with E-state index in [1.807, 2.05) is 0 Å². The Hall–Kier alpha value is -6.19. The molecule has 8 aromatic rings. The Morgan fingerprint density at radius 3 is 1.06 bits per heavy atom. The van der Waals surface area contributed by atoms with Crippen molar-refractivity contribution in [1.29, 1.82) is 0 Å². The average molecular weight is 812 g/mol. The monoisotopic (exact) mass is 811 g/mol. The molecule has 0 unspecified atom stereocenters. The zero-order valence-electron chi connectivity index (χ0n) is 38.8. The van der Waals surface area contributed by atoms with Gasteiger partial charge in [-0.05, 0) is 100 Å². The van der Waals surface area contributed by atoms with Crippen LogP contribution in [-0.2, 0) is 21.7 Å². The third kappa shape index (κ3) is 9.04. The van der Waals surface area contributed by atoms with Crippen molar-refractivity contribution in [3.63, 3.8) is 0 Å². The maximum Gasteiger partial charge on any atom is 0.164 e. The molecule has 7 aromatic carbocycles. The predicted octanol–water partition coefficient (Wildman–Crippen LogP) is 16.2. The summed E-state index contributed by atoms with van der Waals surface area (Å²) in [5, 5.41) is 2.46. The van der Waals surface area contributed by atoms with Crippen molar-refractivity contribution in [1.82, 2.24) is 15.0 Å². The van der Waals surface area contributed by atoms with Crippen molar-refractivity contribution in [3.8, 4) is 67.5 Å². The summed E-state index contributed by atoms with van der Waals surface area (Å²) in [4.78, 5) is 15.7. The van der Waals surface area contributed by atoms with E-state index in [4.69, 9.17) is 15.0 Å². The van der Waals surface area contributed by atoms with E-state index in [0.29, 0.717) is 17.5 Å². The molecule has 0 saturated heterocycles. The van der Waals surface area contributed by atoms with Crippen molar-refractivity contribution in [3.05, 3.63) is 174 Å². The second-order valence-corrected chi connectivity index (χ2v) is 21.2. The van der Waals surface area contributed by atoms with Crippen LogP contribution in [0, 0.1) is 0 Å². The lowest BCUT2D eigenvalue weighted by Crippen LogP contribution is -2.16. The van der Waals surface area contributed by atoms with Gasteiger partial charge >= 0.3 is 0 Å². The summed E-state index contributed by atoms with van der Waals surface area (Å²) < 4.78 is 0. The molecule has 1 aromatic heterocycles. The molecule has 3 heteroatoms. The number of hydrogen-bond acceptors (Lipinski definition) is 3. The van der Waals surface area contributed by atoms with E-state index in [1.54, 1.807) is 0 Å². The lowest BCUT2D eigenvalue weighted by atomic mass is 9.79. The Morgan fingerprint density at radius 2 is 0.629 bits per heavy atom. The molecule has 0 fully saturated rings. The van der Waals surface area contributed by atoms with E-state index in [2.05, 4.69) is 235 Å². The van der Waals surface area contributed by atoms with Crippen LogP contribution in [0.5, 0.6) is 0 Å². The van der Waals surface area contributed by atoms with Gasteiger partial charge < -0.3 is 0 Å². The Bertz CT molecular complexity index is 2720. The molecule has 0 saturated carbocycles. The molecule has 0 aliphatic carbocycles. The van der Waals surface area contributed by atoms with Crippen LogP contribution in [0.4, 0.5) is 0 Å². The molecule has 62 heavy (non-hydrogen) atoms. The van der Waals surface area contributed by atoms with Gasteiger partial charge in [-0.25, -0.2) is 15.0 Å². The number of hydrogen-bond donors (Lipinski definition) is 0. The van der Waals surface area contributed by atoms with Crippen LogP contribution >= 0.6 is 0 Å². The normalized spacial score (nSPS) is 12.5. The Labute approximate surface area is 370 Å². The smallest absolute Gasteiger partial charge is 0.164 e. The van der Waals surface area contributed by atoms with Crippen molar-refractivity contribution >= 4 is 10.8 Å². The van der Waals surface area contributed by atoms with Crippen molar-refractivity contribution < 1.29 is 0 Å². The van der Waals surface area contributed by atoms with Gasteiger partial charge in [0.1, 0.15) is 0 Å². The first-order chi connectivity index (χ1) is 29.2. The summed E-state index contributed by atoms with van der Waals surface area (Å²) in [6.07, 6.45) is 0. The zero-order valence-corrected chi connectivity index (χ0v) is 38.8.